The van der Waals surface area contributed by atoms with Gasteiger partial charge in [0, 0.05) is 17.1 Å². The van der Waals surface area contributed by atoms with Gasteiger partial charge in [-0.05, 0) is 31.2 Å². The van der Waals surface area contributed by atoms with Crippen LogP contribution in [0, 0.1) is 18.3 Å². The first-order chi connectivity index (χ1) is 9.10. The van der Waals surface area contributed by atoms with Crippen LogP contribution in [0.3, 0.4) is 0 Å². The van der Waals surface area contributed by atoms with E-state index in [0.29, 0.717) is 22.8 Å². The first kappa shape index (κ1) is 13.3. The molecule has 0 saturated heterocycles. The molecule has 0 amide bonds. The molecule has 0 aliphatic rings. The molecule has 96 valence electrons. The van der Waals surface area contributed by atoms with Crippen LogP contribution in [0.1, 0.15) is 16.7 Å². The zero-order valence-corrected chi connectivity index (χ0v) is 11.2. The van der Waals surface area contributed by atoms with Crippen molar-refractivity contribution in [2.75, 3.05) is 5.32 Å². The second-order valence-corrected chi connectivity index (χ2v) is 4.72. The summed E-state index contributed by atoms with van der Waals surface area (Å²) in [6, 6.07) is 12.6. The number of phenolic OH excluding ortho intramolecular Hbond substituents is 1. The van der Waals surface area contributed by atoms with Crippen LogP contribution in [-0.2, 0) is 6.54 Å². The molecule has 0 aromatic heterocycles. The van der Waals surface area contributed by atoms with Gasteiger partial charge in [0.05, 0.1) is 11.3 Å². The number of nitrogens with one attached hydrogen (secondary N) is 1. The van der Waals surface area contributed by atoms with E-state index in [-0.39, 0.29) is 5.75 Å². The van der Waals surface area contributed by atoms with Crippen LogP contribution in [0.5, 0.6) is 5.75 Å². The van der Waals surface area contributed by atoms with E-state index < -0.39 is 0 Å². The maximum atomic E-state index is 9.76. The number of hydrogen-bond acceptors (Lipinski definition) is 3. The van der Waals surface area contributed by atoms with Gasteiger partial charge >= 0.3 is 0 Å². The van der Waals surface area contributed by atoms with Gasteiger partial charge in [0.15, 0.2) is 0 Å². The van der Waals surface area contributed by atoms with E-state index in [4.69, 9.17) is 16.9 Å². The highest BCUT2D eigenvalue weighted by Crippen LogP contribution is 2.23. The lowest BCUT2D eigenvalue weighted by atomic mass is 10.1. The number of aromatic hydroxyl groups is 1. The Hall–Kier alpha value is -2.18. The summed E-state index contributed by atoms with van der Waals surface area (Å²) in [6.07, 6.45) is 0. The van der Waals surface area contributed by atoms with Gasteiger partial charge in [0.1, 0.15) is 11.8 Å². The largest absolute Gasteiger partial charge is 0.508 e. The Kier molecular flexibility index (Phi) is 3.94. The molecule has 2 aromatic rings. The summed E-state index contributed by atoms with van der Waals surface area (Å²) < 4.78 is 0. The topological polar surface area (TPSA) is 56.0 Å². The summed E-state index contributed by atoms with van der Waals surface area (Å²) in [7, 11) is 0. The number of aryl methyl sites for hydroxylation is 1. The van der Waals surface area contributed by atoms with Crippen LogP contribution in [0.2, 0.25) is 5.02 Å². The summed E-state index contributed by atoms with van der Waals surface area (Å²) in [5.41, 5.74) is 3.04. The monoisotopic (exact) mass is 272 g/mol. The van der Waals surface area contributed by atoms with Crippen LogP contribution < -0.4 is 5.32 Å². The molecule has 0 atom stereocenters. The molecule has 3 nitrogen and oxygen atoms in total. The standard InChI is InChI=1S/C15H13ClN2O/c1-10-2-5-15(19)12(6-10)9-18-14-7-13(16)4-3-11(14)8-17/h2-7,18-19H,9H2,1H3. The van der Waals surface area contributed by atoms with E-state index in [0.717, 1.165) is 11.1 Å². The molecule has 2 rings (SSSR count). The number of phenols is 1. The van der Waals surface area contributed by atoms with Crippen LogP contribution >= 0.6 is 11.6 Å². The summed E-state index contributed by atoms with van der Waals surface area (Å²) in [5.74, 6) is 0.235. The number of benzene rings is 2. The summed E-state index contributed by atoms with van der Waals surface area (Å²) in [5, 5.41) is 22.5. The molecule has 0 unspecified atom stereocenters. The van der Waals surface area contributed by atoms with Crippen molar-refractivity contribution in [2.24, 2.45) is 0 Å². The highest BCUT2D eigenvalue weighted by Gasteiger charge is 2.05. The van der Waals surface area contributed by atoms with Gasteiger partial charge in [-0.25, -0.2) is 0 Å². The predicted molar refractivity (Wildman–Crippen MR) is 76.3 cm³/mol. The Morgan fingerprint density at radius 1 is 1.26 bits per heavy atom. The van der Waals surface area contributed by atoms with Gasteiger partial charge in [-0.3, -0.25) is 0 Å². The molecule has 0 bridgehead atoms. The van der Waals surface area contributed by atoms with E-state index >= 15 is 0 Å². The second-order valence-electron chi connectivity index (χ2n) is 4.29. The molecule has 0 aliphatic heterocycles. The molecule has 0 radical (unpaired) electrons. The number of nitrogens with zero attached hydrogens (tertiary/aromatic N) is 1. The first-order valence-corrected chi connectivity index (χ1v) is 6.20. The Morgan fingerprint density at radius 2 is 2.05 bits per heavy atom. The third-order valence-corrected chi connectivity index (χ3v) is 3.04. The van der Waals surface area contributed by atoms with Crippen molar-refractivity contribution < 1.29 is 5.11 Å². The van der Waals surface area contributed by atoms with E-state index in [1.165, 1.54) is 0 Å². The van der Waals surface area contributed by atoms with Crippen molar-refractivity contribution in [3.05, 3.63) is 58.1 Å². The summed E-state index contributed by atoms with van der Waals surface area (Å²) in [4.78, 5) is 0. The Balaban J connectivity index is 2.21. The SMILES string of the molecule is Cc1ccc(O)c(CNc2cc(Cl)ccc2C#N)c1. The summed E-state index contributed by atoms with van der Waals surface area (Å²) in [6.45, 7) is 2.39. The minimum absolute atomic E-state index is 0.235. The summed E-state index contributed by atoms with van der Waals surface area (Å²) >= 11 is 5.91. The second kappa shape index (κ2) is 5.64. The molecule has 0 fully saturated rings. The fourth-order valence-corrected chi connectivity index (χ4v) is 1.98. The molecular formula is C15H13ClN2O. The van der Waals surface area contributed by atoms with Crippen molar-refractivity contribution in [2.45, 2.75) is 13.5 Å². The minimum atomic E-state index is 0.235. The number of hydrogen-bond donors (Lipinski definition) is 2. The quantitative estimate of drug-likeness (QED) is 0.893. The van der Waals surface area contributed by atoms with E-state index in [2.05, 4.69) is 11.4 Å². The van der Waals surface area contributed by atoms with E-state index in [1.54, 1.807) is 24.3 Å². The van der Waals surface area contributed by atoms with Gasteiger partial charge < -0.3 is 10.4 Å². The van der Waals surface area contributed by atoms with Gasteiger partial charge in [-0.1, -0.05) is 29.3 Å². The fourth-order valence-electron chi connectivity index (χ4n) is 1.81. The van der Waals surface area contributed by atoms with Crippen LogP contribution in [-0.4, -0.2) is 5.11 Å². The molecule has 2 N–H and O–H groups in total. The van der Waals surface area contributed by atoms with E-state index in [9.17, 15) is 5.11 Å². The highest BCUT2D eigenvalue weighted by molar-refractivity contribution is 6.30. The van der Waals surface area contributed by atoms with Crippen molar-refractivity contribution in [3.63, 3.8) is 0 Å². The Labute approximate surface area is 117 Å². The maximum absolute atomic E-state index is 9.76. The lowest BCUT2D eigenvalue weighted by molar-refractivity contribution is 0.469. The van der Waals surface area contributed by atoms with Crippen LogP contribution in [0.25, 0.3) is 0 Å². The number of rotatable bonds is 3. The van der Waals surface area contributed by atoms with Gasteiger partial charge in [-0.2, -0.15) is 5.26 Å². The number of halogens is 1. The van der Waals surface area contributed by atoms with Gasteiger partial charge in [0.2, 0.25) is 0 Å². The van der Waals surface area contributed by atoms with E-state index in [1.807, 2.05) is 19.1 Å². The average Bonchev–Trinajstić information content (AvgIpc) is 2.40. The number of anilines is 1. The smallest absolute Gasteiger partial charge is 0.120 e. The van der Waals surface area contributed by atoms with Crippen molar-refractivity contribution in [3.8, 4) is 11.8 Å². The molecular weight excluding hydrogens is 260 g/mol. The molecule has 0 spiro atoms. The van der Waals surface area contributed by atoms with Crippen LogP contribution in [0.15, 0.2) is 36.4 Å². The Morgan fingerprint density at radius 3 is 2.79 bits per heavy atom. The molecule has 0 saturated carbocycles. The van der Waals surface area contributed by atoms with Crippen molar-refractivity contribution >= 4 is 17.3 Å². The zero-order valence-electron chi connectivity index (χ0n) is 10.4. The zero-order chi connectivity index (χ0) is 13.8. The molecule has 19 heavy (non-hydrogen) atoms. The third kappa shape index (κ3) is 3.18. The van der Waals surface area contributed by atoms with Gasteiger partial charge in [-0.15, -0.1) is 0 Å². The van der Waals surface area contributed by atoms with Crippen molar-refractivity contribution in [1.82, 2.24) is 0 Å². The molecule has 0 heterocycles. The number of nitriles is 1. The fraction of sp³-hybridized carbons (Fsp3) is 0.133. The first-order valence-electron chi connectivity index (χ1n) is 5.82. The van der Waals surface area contributed by atoms with Crippen LogP contribution in [0.4, 0.5) is 5.69 Å². The normalized spacial score (nSPS) is 9.95. The lowest BCUT2D eigenvalue weighted by Gasteiger charge is -2.10. The maximum Gasteiger partial charge on any atom is 0.120 e. The average molecular weight is 273 g/mol. The minimum Gasteiger partial charge on any atom is -0.508 e. The predicted octanol–water partition coefficient (Wildman–Crippen LogP) is 3.84. The highest BCUT2D eigenvalue weighted by atomic mass is 35.5. The van der Waals surface area contributed by atoms with Gasteiger partial charge in [0.25, 0.3) is 0 Å². The Bertz CT molecular complexity index is 647. The third-order valence-electron chi connectivity index (χ3n) is 2.81. The molecule has 2 aromatic carbocycles. The lowest BCUT2D eigenvalue weighted by Crippen LogP contribution is -2.02. The van der Waals surface area contributed by atoms with Crippen molar-refractivity contribution in [1.29, 1.82) is 5.26 Å². The molecule has 4 heteroatoms. The molecule has 0 aliphatic carbocycles.